The Kier molecular flexibility index (Phi) is 5.29. The minimum atomic E-state index is -1.19. The van der Waals surface area contributed by atoms with Crippen LogP contribution in [0, 0.1) is 11.6 Å². The molecule has 1 aromatic heterocycles. The van der Waals surface area contributed by atoms with Crippen molar-refractivity contribution in [2.24, 2.45) is 0 Å². The lowest BCUT2D eigenvalue weighted by molar-refractivity contribution is 0.0884. The summed E-state index contributed by atoms with van der Waals surface area (Å²) in [6.07, 6.45) is -1.19. The number of carbonyl (C=O) groups is 1. The molecule has 0 saturated heterocycles. The highest BCUT2D eigenvalue weighted by Gasteiger charge is 2.21. The number of para-hydroxylation sites is 1. The number of rotatable bonds is 6. The summed E-state index contributed by atoms with van der Waals surface area (Å²) in [7, 11) is 1.51. The van der Waals surface area contributed by atoms with Gasteiger partial charge in [0.15, 0.2) is 17.4 Å². The van der Waals surface area contributed by atoms with E-state index in [-0.39, 0.29) is 24.5 Å². The molecule has 3 rings (SSSR count). The largest absolute Gasteiger partial charge is 0.451 e. The third kappa shape index (κ3) is 3.58. The van der Waals surface area contributed by atoms with Crippen LogP contribution in [0.4, 0.5) is 8.78 Å². The third-order valence-electron chi connectivity index (χ3n) is 3.98. The Bertz CT molecular complexity index is 938. The number of amides is 1. The van der Waals surface area contributed by atoms with E-state index < -0.39 is 23.6 Å². The zero-order chi connectivity index (χ0) is 18.7. The number of furan rings is 1. The molecular weight excluding hydrogens is 344 g/mol. The maximum absolute atomic E-state index is 13.3. The van der Waals surface area contributed by atoms with Crippen LogP contribution in [0.3, 0.4) is 0 Å². The zero-order valence-corrected chi connectivity index (χ0v) is 14.0. The Morgan fingerprint density at radius 3 is 2.73 bits per heavy atom. The van der Waals surface area contributed by atoms with Gasteiger partial charge in [-0.15, -0.1) is 0 Å². The molecule has 0 radical (unpaired) electrons. The van der Waals surface area contributed by atoms with Crippen LogP contribution in [0.25, 0.3) is 11.0 Å². The number of fused-ring (bicyclic) bond motifs is 1. The molecule has 7 heteroatoms. The minimum absolute atomic E-state index is 0.0885. The van der Waals surface area contributed by atoms with Gasteiger partial charge in [-0.1, -0.05) is 24.3 Å². The Labute approximate surface area is 148 Å². The number of aliphatic hydroxyl groups excluding tert-OH is 1. The summed E-state index contributed by atoms with van der Waals surface area (Å²) in [6, 6.07) is 10.2. The maximum Gasteiger partial charge on any atom is 0.287 e. The molecule has 5 nitrogen and oxygen atoms in total. The fourth-order valence-corrected chi connectivity index (χ4v) is 2.68. The monoisotopic (exact) mass is 361 g/mol. The predicted molar refractivity (Wildman–Crippen MR) is 90.6 cm³/mol. The van der Waals surface area contributed by atoms with Crippen LogP contribution < -0.4 is 5.32 Å². The topological polar surface area (TPSA) is 71.7 Å². The first-order valence-corrected chi connectivity index (χ1v) is 7.91. The van der Waals surface area contributed by atoms with E-state index in [2.05, 4.69) is 5.32 Å². The molecule has 1 atom stereocenters. The molecule has 0 bridgehead atoms. The molecule has 0 saturated carbocycles. The van der Waals surface area contributed by atoms with E-state index >= 15 is 0 Å². The van der Waals surface area contributed by atoms with Crippen molar-refractivity contribution in [3.8, 4) is 0 Å². The highest BCUT2D eigenvalue weighted by atomic mass is 19.2. The SMILES string of the molecule is COCc1c(C(=O)NC[C@H](O)c2ccc(F)c(F)c2)oc2ccccc12. The number of aliphatic hydroxyl groups is 1. The van der Waals surface area contributed by atoms with E-state index in [4.69, 9.17) is 9.15 Å². The Balaban J connectivity index is 1.76. The molecule has 1 heterocycles. The van der Waals surface area contributed by atoms with Crippen LogP contribution in [0.5, 0.6) is 0 Å². The lowest BCUT2D eigenvalue weighted by atomic mass is 10.1. The Hall–Kier alpha value is -2.77. The molecule has 136 valence electrons. The highest BCUT2D eigenvalue weighted by molar-refractivity contribution is 5.99. The van der Waals surface area contributed by atoms with Gasteiger partial charge in [-0.05, 0) is 23.8 Å². The van der Waals surface area contributed by atoms with Gasteiger partial charge in [0.05, 0.1) is 12.7 Å². The van der Waals surface area contributed by atoms with E-state index in [1.165, 1.54) is 13.2 Å². The van der Waals surface area contributed by atoms with E-state index in [0.717, 1.165) is 17.5 Å². The minimum Gasteiger partial charge on any atom is -0.451 e. The summed E-state index contributed by atoms with van der Waals surface area (Å²) in [5.74, 6) is -2.51. The molecule has 26 heavy (non-hydrogen) atoms. The van der Waals surface area contributed by atoms with Crippen molar-refractivity contribution < 1.29 is 27.8 Å². The summed E-state index contributed by atoms with van der Waals surface area (Å²) >= 11 is 0. The summed E-state index contributed by atoms with van der Waals surface area (Å²) in [6.45, 7) is -0.00112. The smallest absolute Gasteiger partial charge is 0.287 e. The van der Waals surface area contributed by atoms with Crippen molar-refractivity contribution in [3.63, 3.8) is 0 Å². The summed E-state index contributed by atoms with van der Waals surface area (Å²) in [4.78, 5) is 12.5. The number of halogens is 2. The predicted octanol–water partition coefficient (Wildman–Crippen LogP) is 3.32. The van der Waals surface area contributed by atoms with Crippen molar-refractivity contribution in [3.05, 3.63) is 71.0 Å². The number of nitrogens with one attached hydrogen (secondary N) is 1. The normalized spacial score (nSPS) is 12.3. The summed E-state index contributed by atoms with van der Waals surface area (Å²) < 4.78 is 37.0. The molecule has 0 aliphatic carbocycles. The highest BCUT2D eigenvalue weighted by Crippen LogP contribution is 2.26. The average molecular weight is 361 g/mol. The van der Waals surface area contributed by atoms with Gasteiger partial charge in [0.25, 0.3) is 5.91 Å². The standard InChI is InChI=1S/C19H17F2NO4/c1-25-10-13-12-4-2-3-5-17(12)26-18(13)19(24)22-9-16(23)11-6-7-14(20)15(21)8-11/h2-8,16,23H,9-10H2,1H3,(H,22,24)/t16-/m0/s1. The second-order valence-corrected chi connectivity index (χ2v) is 5.74. The van der Waals surface area contributed by atoms with Crippen LogP contribution in [-0.2, 0) is 11.3 Å². The maximum atomic E-state index is 13.3. The van der Waals surface area contributed by atoms with Gasteiger partial charge in [0, 0.05) is 24.6 Å². The van der Waals surface area contributed by atoms with Crippen LogP contribution in [0.15, 0.2) is 46.9 Å². The van der Waals surface area contributed by atoms with Gasteiger partial charge in [0.1, 0.15) is 5.58 Å². The third-order valence-corrected chi connectivity index (χ3v) is 3.98. The van der Waals surface area contributed by atoms with Gasteiger partial charge >= 0.3 is 0 Å². The van der Waals surface area contributed by atoms with Crippen LogP contribution >= 0.6 is 0 Å². The van der Waals surface area contributed by atoms with Gasteiger partial charge in [-0.3, -0.25) is 4.79 Å². The van der Waals surface area contributed by atoms with Crippen LogP contribution in [0.2, 0.25) is 0 Å². The number of hydrogen-bond donors (Lipinski definition) is 2. The van der Waals surface area contributed by atoms with Gasteiger partial charge in [0.2, 0.25) is 0 Å². The number of ether oxygens (including phenoxy) is 1. The fourth-order valence-electron chi connectivity index (χ4n) is 2.68. The Morgan fingerprint density at radius 1 is 1.23 bits per heavy atom. The molecule has 2 aromatic carbocycles. The summed E-state index contributed by atoms with van der Waals surface area (Å²) in [5.41, 5.74) is 1.31. The van der Waals surface area contributed by atoms with Crippen molar-refractivity contribution in [1.29, 1.82) is 0 Å². The van der Waals surface area contributed by atoms with Crippen molar-refractivity contribution in [2.45, 2.75) is 12.7 Å². The first kappa shape index (κ1) is 18.0. The van der Waals surface area contributed by atoms with E-state index in [9.17, 15) is 18.7 Å². The molecule has 0 aliphatic heterocycles. The van der Waals surface area contributed by atoms with Crippen LogP contribution in [-0.4, -0.2) is 24.7 Å². The molecular formula is C19H17F2NO4. The van der Waals surface area contributed by atoms with E-state index in [1.807, 2.05) is 12.1 Å². The van der Waals surface area contributed by atoms with E-state index in [1.54, 1.807) is 12.1 Å². The van der Waals surface area contributed by atoms with Crippen LogP contribution in [0.1, 0.15) is 27.8 Å². The zero-order valence-electron chi connectivity index (χ0n) is 14.0. The van der Waals surface area contributed by atoms with Crippen molar-refractivity contribution in [1.82, 2.24) is 5.32 Å². The number of carbonyl (C=O) groups excluding carboxylic acids is 1. The van der Waals surface area contributed by atoms with Gasteiger partial charge in [-0.25, -0.2) is 8.78 Å². The lowest BCUT2D eigenvalue weighted by Gasteiger charge is -2.12. The first-order chi connectivity index (χ1) is 12.5. The Morgan fingerprint density at radius 2 is 2.00 bits per heavy atom. The first-order valence-electron chi connectivity index (χ1n) is 7.91. The van der Waals surface area contributed by atoms with Gasteiger partial charge in [-0.2, -0.15) is 0 Å². The second-order valence-electron chi connectivity index (χ2n) is 5.74. The molecule has 0 aliphatic rings. The molecule has 0 unspecified atom stereocenters. The second kappa shape index (κ2) is 7.63. The van der Waals surface area contributed by atoms with Crippen molar-refractivity contribution in [2.75, 3.05) is 13.7 Å². The lowest BCUT2D eigenvalue weighted by Crippen LogP contribution is -2.28. The van der Waals surface area contributed by atoms with Gasteiger partial charge < -0.3 is 19.6 Å². The molecule has 0 spiro atoms. The summed E-state index contributed by atoms with van der Waals surface area (Å²) in [5, 5.41) is 13.4. The number of hydrogen-bond acceptors (Lipinski definition) is 4. The molecule has 1 amide bonds. The number of methoxy groups -OCH3 is 1. The fraction of sp³-hybridized carbons (Fsp3) is 0.211. The van der Waals surface area contributed by atoms with E-state index in [0.29, 0.717) is 11.1 Å². The molecule has 3 aromatic rings. The molecule has 2 N–H and O–H groups in total. The average Bonchev–Trinajstić information content (AvgIpc) is 3.01. The number of benzene rings is 2. The molecule has 0 fully saturated rings. The quantitative estimate of drug-likeness (QED) is 0.707. The van der Waals surface area contributed by atoms with Crippen molar-refractivity contribution >= 4 is 16.9 Å².